The van der Waals surface area contributed by atoms with Gasteiger partial charge in [0.2, 0.25) is 0 Å². The van der Waals surface area contributed by atoms with E-state index in [1.54, 1.807) is 14.0 Å². The highest BCUT2D eigenvalue weighted by molar-refractivity contribution is 5.74. The van der Waals surface area contributed by atoms with Gasteiger partial charge in [-0.05, 0) is 77.9 Å². The fourth-order valence-electron chi connectivity index (χ4n) is 3.96. The largest absolute Gasteiger partial charge is 0.496 e. The topological polar surface area (TPSA) is 65.0 Å². The van der Waals surface area contributed by atoms with Crippen molar-refractivity contribution in [2.75, 3.05) is 20.3 Å². The zero-order valence-electron chi connectivity index (χ0n) is 21.8. The van der Waals surface area contributed by atoms with E-state index in [-0.39, 0.29) is 0 Å². The molecular formula is C31H36O5. The quantitative estimate of drug-likeness (QED) is 0.297. The Labute approximate surface area is 214 Å². The van der Waals surface area contributed by atoms with Crippen molar-refractivity contribution in [3.8, 4) is 22.6 Å². The predicted octanol–water partition coefficient (Wildman–Crippen LogP) is 7.00. The Balaban J connectivity index is 1.62. The molecule has 190 valence electrons. The second kappa shape index (κ2) is 12.9. The molecule has 0 aliphatic carbocycles. The molecule has 5 heteroatoms. The highest BCUT2D eigenvalue weighted by Gasteiger charge is 2.17. The second-order valence-electron chi connectivity index (χ2n) is 9.02. The van der Waals surface area contributed by atoms with Gasteiger partial charge >= 0.3 is 5.97 Å². The number of ether oxygens (including phenoxy) is 3. The van der Waals surface area contributed by atoms with Crippen LogP contribution in [0.5, 0.6) is 11.5 Å². The molecule has 0 spiro atoms. The molecule has 5 nitrogen and oxygen atoms in total. The van der Waals surface area contributed by atoms with E-state index in [1.165, 1.54) is 5.56 Å². The molecule has 0 aromatic heterocycles. The van der Waals surface area contributed by atoms with E-state index in [4.69, 9.17) is 14.2 Å². The van der Waals surface area contributed by atoms with Gasteiger partial charge in [-0.25, -0.2) is 4.79 Å². The maximum absolute atomic E-state index is 11.3. The summed E-state index contributed by atoms with van der Waals surface area (Å²) in [6, 6.07) is 22.3. The lowest BCUT2D eigenvalue weighted by Gasteiger charge is -2.14. The third kappa shape index (κ3) is 7.22. The number of aliphatic carboxylic acids is 1. The summed E-state index contributed by atoms with van der Waals surface area (Å²) in [4.78, 5) is 11.3. The van der Waals surface area contributed by atoms with Gasteiger partial charge in [0, 0.05) is 18.6 Å². The first-order chi connectivity index (χ1) is 17.3. The van der Waals surface area contributed by atoms with Crippen molar-refractivity contribution < 1.29 is 24.1 Å². The lowest BCUT2D eigenvalue weighted by molar-refractivity contribution is -0.149. The van der Waals surface area contributed by atoms with E-state index < -0.39 is 12.1 Å². The van der Waals surface area contributed by atoms with E-state index in [9.17, 15) is 9.90 Å². The minimum atomic E-state index is -0.950. The zero-order chi connectivity index (χ0) is 26.1. The summed E-state index contributed by atoms with van der Waals surface area (Å²) in [7, 11) is 1.70. The third-order valence-corrected chi connectivity index (χ3v) is 6.17. The fourth-order valence-corrected chi connectivity index (χ4v) is 3.96. The van der Waals surface area contributed by atoms with Gasteiger partial charge in [-0.2, -0.15) is 0 Å². The Morgan fingerprint density at radius 2 is 1.69 bits per heavy atom. The maximum Gasteiger partial charge on any atom is 0.333 e. The predicted molar refractivity (Wildman–Crippen MR) is 145 cm³/mol. The van der Waals surface area contributed by atoms with Gasteiger partial charge in [0.1, 0.15) is 18.1 Å². The van der Waals surface area contributed by atoms with Gasteiger partial charge in [-0.3, -0.25) is 0 Å². The van der Waals surface area contributed by atoms with E-state index in [2.05, 4.69) is 63.2 Å². The van der Waals surface area contributed by atoms with Crippen LogP contribution in [0.3, 0.4) is 0 Å². The third-order valence-electron chi connectivity index (χ3n) is 6.17. The summed E-state index contributed by atoms with van der Waals surface area (Å²) < 4.78 is 16.8. The number of carboxylic acids is 1. The van der Waals surface area contributed by atoms with E-state index >= 15 is 0 Å². The van der Waals surface area contributed by atoms with Crippen molar-refractivity contribution in [3.05, 3.63) is 89.5 Å². The minimum Gasteiger partial charge on any atom is -0.496 e. The number of rotatable bonds is 12. The Kier molecular flexibility index (Phi) is 9.71. The van der Waals surface area contributed by atoms with Crippen LogP contribution in [0.15, 0.2) is 72.8 Å². The molecule has 0 aliphatic heterocycles. The molecule has 3 aromatic carbocycles. The van der Waals surface area contributed by atoms with Crippen molar-refractivity contribution >= 4 is 11.5 Å². The molecule has 0 saturated heterocycles. The molecule has 0 fully saturated rings. The first kappa shape index (κ1) is 27.0. The van der Waals surface area contributed by atoms with Crippen LogP contribution < -0.4 is 9.47 Å². The summed E-state index contributed by atoms with van der Waals surface area (Å²) in [6.07, 6.45) is 1.55. The highest BCUT2D eigenvalue weighted by Crippen LogP contribution is 2.33. The van der Waals surface area contributed by atoms with Crippen LogP contribution in [0, 0.1) is 0 Å². The summed E-state index contributed by atoms with van der Waals surface area (Å²) in [5, 5.41) is 9.25. The van der Waals surface area contributed by atoms with Crippen LogP contribution in [-0.4, -0.2) is 37.5 Å². The van der Waals surface area contributed by atoms with Crippen molar-refractivity contribution in [1.29, 1.82) is 0 Å². The maximum atomic E-state index is 11.3. The number of methoxy groups -OCH3 is 1. The number of carboxylic acid groups (broad SMARTS) is 1. The molecule has 36 heavy (non-hydrogen) atoms. The minimum absolute atomic E-state index is 0.325. The standard InChI is InChI=1S/C31H36O5/c1-6-35-30(31(32)33)19-23-7-14-27(15-8-23)36-18-17-22(4)24-9-11-25(12-10-24)28-20-26(21(2)3)13-16-29(28)34-5/h7-17,20-21,30H,6,18-19H2,1-5H3,(H,32,33)/b22-17-. The number of hydrogen-bond donors (Lipinski definition) is 1. The van der Waals surface area contributed by atoms with Crippen LogP contribution >= 0.6 is 0 Å². The van der Waals surface area contributed by atoms with Crippen LogP contribution in [-0.2, 0) is 16.0 Å². The lowest BCUT2D eigenvalue weighted by Crippen LogP contribution is -2.26. The van der Waals surface area contributed by atoms with Gasteiger partial charge < -0.3 is 19.3 Å². The molecule has 0 amide bonds. The monoisotopic (exact) mass is 488 g/mol. The van der Waals surface area contributed by atoms with Crippen LogP contribution in [0.1, 0.15) is 50.3 Å². The molecule has 1 N–H and O–H groups in total. The molecule has 0 aliphatic rings. The molecule has 0 saturated carbocycles. The molecule has 0 heterocycles. The molecule has 1 unspecified atom stereocenters. The molecule has 0 bridgehead atoms. The van der Waals surface area contributed by atoms with E-state index in [1.807, 2.05) is 30.3 Å². The first-order valence-electron chi connectivity index (χ1n) is 12.3. The van der Waals surface area contributed by atoms with Gasteiger partial charge in [0.25, 0.3) is 0 Å². The van der Waals surface area contributed by atoms with Gasteiger partial charge in [-0.15, -0.1) is 0 Å². The van der Waals surface area contributed by atoms with E-state index in [0.717, 1.165) is 39.3 Å². The summed E-state index contributed by atoms with van der Waals surface area (Å²) in [6.45, 7) is 9.05. The fraction of sp³-hybridized carbons (Fsp3) is 0.323. The average Bonchev–Trinajstić information content (AvgIpc) is 2.89. The molecular weight excluding hydrogens is 452 g/mol. The number of allylic oxidation sites excluding steroid dienone is 1. The van der Waals surface area contributed by atoms with E-state index in [0.29, 0.717) is 25.6 Å². The van der Waals surface area contributed by atoms with Crippen LogP contribution in [0.25, 0.3) is 16.7 Å². The number of hydrogen-bond acceptors (Lipinski definition) is 4. The summed E-state index contributed by atoms with van der Waals surface area (Å²) >= 11 is 0. The first-order valence-corrected chi connectivity index (χ1v) is 12.3. The smallest absolute Gasteiger partial charge is 0.333 e. The van der Waals surface area contributed by atoms with Crippen molar-refractivity contribution in [3.63, 3.8) is 0 Å². The zero-order valence-corrected chi connectivity index (χ0v) is 21.8. The molecule has 0 radical (unpaired) electrons. The Morgan fingerprint density at radius 3 is 2.28 bits per heavy atom. The highest BCUT2D eigenvalue weighted by atomic mass is 16.5. The normalized spacial score (nSPS) is 12.4. The summed E-state index contributed by atoms with van der Waals surface area (Å²) in [5.41, 5.74) is 6.66. The van der Waals surface area contributed by atoms with Crippen molar-refractivity contribution in [1.82, 2.24) is 0 Å². The second-order valence-corrected chi connectivity index (χ2v) is 9.02. The Morgan fingerprint density at radius 1 is 1.00 bits per heavy atom. The van der Waals surface area contributed by atoms with Crippen molar-refractivity contribution in [2.45, 2.75) is 46.1 Å². The van der Waals surface area contributed by atoms with Gasteiger partial charge in [0.05, 0.1) is 7.11 Å². The Bertz CT molecular complexity index is 1160. The molecule has 3 rings (SSSR count). The van der Waals surface area contributed by atoms with Crippen LogP contribution in [0.4, 0.5) is 0 Å². The average molecular weight is 489 g/mol. The summed E-state index contributed by atoms with van der Waals surface area (Å²) in [5.74, 6) is 1.11. The number of benzene rings is 3. The number of carbonyl (C=O) groups is 1. The SMILES string of the molecule is CCOC(Cc1ccc(OC/C=C(/C)c2ccc(-c3cc(C(C)C)ccc3OC)cc2)cc1)C(=O)O. The van der Waals surface area contributed by atoms with Crippen LogP contribution in [0.2, 0.25) is 0 Å². The molecule has 3 aromatic rings. The lowest BCUT2D eigenvalue weighted by atomic mass is 9.95. The van der Waals surface area contributed by atoms with Crippen molar-refractivity contribution in [2.24, 2.45) is 0 Å². The van der Waals surface area contributed by atoms with Gasteiger partial charge in [0.15, 0.2) is 6.10 Å². The molecule has 1 atom stereocenters. The van der Waals surface area contributed by atoms with Gasteiger partial charge in [-0.1, -0.05) is 56.3 Å². The Hall–Kier alpha value is -3.57.